The van der Waals surface area contributed by atoms with Crippen LogP contribution < -0.4 is 14.8 Å². The van der Waals surface area contributed by atoms with Gasteiger partial charge in [-0.15, -0.1) is 0 Å². The van der Waals surface area contributed by atoms with Gasteiger partial charge in [-0.05, 0) is 12.1 Å². The van der Waals surface area contributed by atoms with E-state index in [2.05, 4.69) is 26.0 Å². The Kier molecular flexibility index (Phi) is 5.14. The highest BCUT2D eigenvalue weighted by Crippen LogP contribution is 2.30. The zero-order valence-corrected chi connectivity index (χ0v) is 10.5. The van der Waals surface area contributed by atoms with E-state index in [0.29, 0.717) is 5.75 Å². The molecule has 0 fully saturated rings. The number of benzene rings is 1. The van der Waals surface area contributed by atoms with E-state index in [-0.39, 0.29) is 22.7 Å². The van der Waals surface area contributed by atoms with Gasteiger partial charge in [-0.1, -0.05) is 15.9 Å². The highest BCUT2D eigenvalue weighted by Gasteiger charge is 2.12. The Bertz CT molecular complexity index is 401. The van der Waals surface area contributed by atoms with Crippen molar-refractivity contribution in [2.45, 2.75) is 6.61 Å². The Morgan fingerprint density at radius 3 is 2.76 bits per heavy atom. The minimum absolute atomic E-state index is 0.0539. The van der Waals surface area contributed by atoms with Crippen LogP contribution in [0.2, 0.25) is 0 Å². The lowest BCUT2D eigenvalue weighted by Crippen LogP contribution is -2.14. The Labute approximate surface area is 105 Å². The molecule has 0 spiro atoms. The number of methoxy groups -OCH3 is 1. The van der Waals surface area contributed by atoms with Crippen molar-refractivity contribution in [1.29, 1.82) is 0 Å². The maximum Gasteiger partial charge on any atom is 0.387 e. The molecular formula is C10H10BrF2NO3. The van der Waals surface area contributed by atoms with Crippen molar-refractivity contribution < 1.29 is 23.0 Å². The molecule has 0 radical (unpaired) electrons. The van der Waals surface area contributed by atoms with Gasteiger partial charge in [0.15, 0.2) is 0 Å². The number of ether oxygens (including phenoxy) is 2. The van der Waals surface area contributed by atoms with E-state index in [1.807, 2.05) is 0 Å². The largest absolute Gasteiger partial charge is 0.497 e. The zero-order valence-electron chi connectivity index (χ0n) is 8.88. The standard InChI is InChI=1S/C10H10BrF2NO3/c1-16-6-2-3-8(17-10(12)13)7(4-6)14-9(15)5-11/h2-4,10H,5H2,1H3,(H,14,15). The van der Waals surface area contributed by atoms with Crippen LogP contribution in [0.1, 0.15) is 0 Å². The third-order valence-corrected chi connectivity index (χ3v) is 2.31. The van der Waals surface area contributed by atoms with Gasteiger partial charge >= 0.3 is 6.61 Å². The summed E-state index contributed by atoms with van der Waals surface area (Å²) in [4.78, 5) is 11.2. The molecule has 0 aliphatic rings. The predicted octanol–water partition coefficient (Wildman–Crippen LogP) is 2.63. The fraction of sp³-hybridized carbons (Fsp3) is 0.300. The highest BCUT2D eigenvalue weighted by atomic mass is 79.9. The van der Waals surface area contributed by atoms with Crippen LogP contribution in [0.25, 0.3) is 0 Å². The fourth-order valence-corrected chi connectivity index (χ4v) is 1.26. The van der Waals surface area contributed by atoms with Crippen LogP contribution in [0.3, 0.4) is 0 Å². The SMILES string of the molecule is COc1ccc(OC(F)F)c(NC(=O)CBr)c1. The van der Waals surface area contributed by atoms with E-state index in [0.717, 1.165) is 0 Å². The minimum Gasteiger partial charge on any atom is -0.497 e. The summed E-state index contributed by atoms with van der Waals surface area (Å²) in [7, 11) is 1.43. The number of halogens is 3. The Morgan fingerprint density at radius 1 is 1.53 bits per heavy atom. The number of anilines is 1. The Balaban J connectivity index is 2.98. The first-order valence-corrected chi connectivity index (χ1v) is 5.67. The predicted molar refractivity (Wildman–Crippen MR) is 62.0 cm³/mol. The van der Waals surface area contributed by atoms with Crippen LogP contribution in [0, 0.1) is 0 Å². The zero-order chi connectivity index (χ0) is 12.8. The van der Waals surface area contributed by atoms with E-state index in [9.17, 15) is 13.6 Å². The normalized spacial score (nSPS) is 10.2. The van der Waals surface area contributed by atoms with Gasteiger partial charge in [0.2, 0.25) is 5.91 Å². The monoisotopic (exact) mass is 309 g/mol. The quantitative estimate of drug-likeness (QED) is 0.851. The van der Waals surface area contributed by atoms with Gasteiger partial charge in [0.1, 0.15) is 11.5 Å². The molecule has 7 heteroatoms. The number of alkyl halides is 3. The molecule has 0 saturated carbocycles. The van der Waals surface area contributed by atoms with Gasteiger partial charge < -0.3 is 14.8 Å². The highest BCUT2D eigenvalue weighted by molar-refractivity contribution is 9.09. The smallest absolute Gasteiger partial charge is 0.387 e. The first-order chi connectivity index (χ1) is 8.06. The maximum atomic E-state index is 12.1. The van der Waals surface area contributed by atoms with Gasteiger partial charge in [-0.3, -0.25) is 4.79 Å². The van der Waals surface area contributed by atoms with Crippen molar-refractivity contribution in [3.8, 4) is 11.5 Å². The van der Waals surface area contributed by atoms with Gasteiger partial charge in [-0.2, -0.15) is 8.78 Å². The molecule has 1 amide bonds. The van der Waals surface area contributed by atoms with Gasteiger partial charge in [-0.25, -0.2) is 0 Å². The first kappa shape index (κ1) is 13.7. The molecule has 0 atom stereocenters. The Morgan fingerprint density at radius 2 is 2.24 bits per heavy atom. The first-order valence-electron chi connectivity index (χ1n) is 4.55. The number of amides is 1. The molecule has 0 aliphatic carbocycles. The summed E-state index contributed by atoms with van der Waals surface area (Å²) in [6.07, 6.45) is 0. The van der Waals surface area contributed by atoms with Crippen LogP contribution in [-0.4, -0.2) is 25.0 Å². The van der Waals surface area contributed by atoms with Crippen molar-refractivity contribution in [3.63, 3.8) is 0 Å². The lowest BCUT2D eigenvalue weighted by Gasteiger charge is -2.12. The lowest BCUT2D eigenvalue weighted by molar-refractivity contribution is -0.113. The van der Waals surface area contributed by atoms with E-state index in [1.54, 1.807) is 0 Å². The molecule has 17 heavy (non-hydrogen) atoms. The molecule has 0 aromatic heterocycles. The summed E-state index contributed by atoms with van der Waals surface area (Å²) in [5.41, 5.74) is 0.133. The summed E-state index contributed by atoms with van der Waals surface area (Å²) >= 11 is 2.95. The molecular weight excluding hydrogens is 300 g/mol. The molecule has 1 aromatic carbocycles. The van der Waals surface area contributed by atoms with Crippen molar-refractivity contribution in [1.82, 2.24) is 0 Å². The molecule has 1 rings (SSSR count). The molecule has 0 bridgehead atoms. The lowest BCUT2D eigenvalue weighted by atomic mass is 10.2. The molecule has 94 valence electrons. The molecule has 4 nitrogen and oxygen atoms in total. The number of hydrogen-bond acceptors (Lipinski definition) is 3. The van der Waals surface area contributed by atoms with E-state index < -0.39 is 6.61 Å². The van der Waals surface area contributed by atoms with Crippen LogP contribution in [0.15, 0.2) is 18.2 Å². The maximum absolute atomic E-state index is 12.1. The summed E-state index contributed by atoms with van der Waals surface area (Å²) < 4.78 is 33.4. The molecule has 0 heterocycles. The molecule has 0 aliphatic heterocycles. The second-order valence-electron chi connectivity index (χ2n) is 2.92. The molecule has 0 unspecified atom stereocenters. The van der Waals surface area contributed by atoms with Crippen LogP contribution in [-0.2, 0) is 4.79 Å². The summed E-state index contributed by atoms with van der Waals surface area (Å²) in [5, 5.41) is 2.47. The topological polar surface area (TPSA) is 47.6 Å². The van der Waals surface area contributed by atoms with Gasteiger partial charge in [0, 0.05) is 6.07 Å². The molecule has 1 aromatic rings. The number of carbonyl (C=O) groups is 1. The van der Waals surface area contributed by atoms with Crippen LogP contribution in [0.4, 0.5) is 14.5 Å². The van der Waals surface area contributed by atoms with Crippen molar-refractivity contribution in [3.05, 3.63) is 18.2 Å². The van der Waals surface area contributed by atoms with Gasteiger partial charge in [0.25, 0.3) is 0 Å². The summed E-state index contributed by atoms with van der Waals surface area (Å²) in [6.45, 7) is -2.96. The van der Waals surface area contributed by atoms with E-state index in [4.69, 9.17) is 4.74 Å². The van der Waals surface area contributed by atoms with E-state index >= 15 is 0 Å². The van der Waals surface area contributed by atoms with E-state index in [1.165, 1.54) is 25.3 Å². The number of hydrogen-bond donors (Lipinski definition) is 1. The minimum atomic E-state index is -2.96. The molecule has 0 saturated heterocycles. The number of carbonyl (C=O) groups excluding carboxylic acids is 1. The van der Waals surface area contributed by atoms with Crippen molar-refractivity contribution >= 4 is 27.5 Å². The third kappa shape index (κ3) is 4.18. The summed E-state index contributed by atoms with van der Waals surface area (Å²) in [5.74, 6) is -0.0658. The van der Waals surface area contributed by atoms with Crippen molar-refractivity contribution in [2.75, 3.05) is 17.8 Å². The van der Waals surface area contributed by atoms with Crippen LogP contribution in [0.5, 0.6) is 11.5 Å². The van der Waals surface area contributed by atoms with Crippen LogP contribution >= 0.6 is 15.9 Å². The second kappa shape index (κ2) is 6.39. The Hall–Kier alpha value is -1.37. The number of rotatable bonds is 5. The average Bonchev–Trinajstić information content (AvgIpc) is 2.30. The fourth-order valence-electron chi connectivity index (χ4n) is 1.12. The summed E-state index contributed by atoms with van der Waals surface area (Å²) in [6, 6.07) is 4.16. The third-order valence-electron chi connectivity index (χ3n) is 1.80. The molecule has 1 N–H and O–H groups in total. The van der Waals surface area contributed by atoms with Gasteiger partial charge in [0.05, 0.1) is 18.1 Å². The second-order valence-corrected chi connectivity index (χ2v) is 3.48. The van der Waals surface area contributed by atoms with Crippen molar-refractivity contribution in [2.24, 2.45) is 0 Å². The average molecular weight is 310 g/mol. The number of nitrogens with one attached hydrogen (secondary N) is 1.